The molecule has 1 aliphatic carbocycles. The second-order valence-corrected chi connectivity index (χ2v) is 5.33. The van der Waals surface area contributed by atoms with E-state index >= 15 is 0 Å². The predicted octanol–water partition coefficient (Wildman–Crippen LogP) is 3.29. The Morgan fingerprint density at radius 1 is 1.16 bits per heavy atom. The molecule has 3 heteroatoms. The van der Waals surface area contributed by atoms with Crippen LogP contribution in [0.5, 0.6) is 5.75 Å². The van der Waals surface area contributed by atoms with Gasteiger partial charge in [-0.1, -0.05) is 31.4 Å². The van der Waals surface area contributed by atoms with Crippen molar-refractivity contribution in [2.45, 2.75) is 38.2 Å². The summed E-state index contributed by atoms with van der Waals surface area (Å²) < 4.78 is 11.2. The standard InChI is InChI=1S/C16H25NO2/c1-18-15-9-7-14(8-10-15)16(11-17)19-12-13-5-3-2-4-6-13/h7-10,13,16H,2-6,11-12,17H2,1H3. The van der Waals surface area contributed by atoms with Gasteiger partial charge in [0.1, 0.15) is 5.75 Å². The van der Waals surface area contributed by atoms with Gasteiger partial charge in [-0.2, -0.15) is 0 Å². The van der Waals surface area contributed by atoms with E-state index in [1.54, 1.807) is 7.11 Å². The highest BCUT2D eigenvalue weighted by Crippen LogP contribution is 2.26. The van der Waals surface area contributed by atoms with Crippen molar-refractivity contribution < 1.29 is 9.47 Å². The van der Waals surface area contributed by atoms with E-state index in [4.69, 9.17) is 15.2 Å². The zero-order chi connectivity index (χ0) is 13.5. The number of benzene rings is 1. The maximum Gasteiger partial charge on any atom is 0.118 e. The van der Waals surface area contributed by atoms with Crippen LogP contribution in [0.1, 0.15) is 43.8 Å². The SMILES string of the molecule is COc1ccc(C(CN)OCC2CCCCC2)cc1. The smallest absolute Gasteiger partial charge is 0.118 e. The Balaban J connectivity index is 1.87. The average molecular weight is 263 g/mol. The molecule has 1 saturated carbocycles. The van der Waals surface area contributed by atoms with Crippen molar-refractivity contribution in [1.82, 2.24) is 0 Å². The zero-order valence-electron chi connectivity index (χ0n) is 11.8. The molecule has 0 saturated heterocycles. The van der Waals surface area contributed by atoms with Crippen LogP contribution in [0.25, 0.3) is 0 Å². The molecule has 3 nitrogen and oxygen atoms in total. The number of hydrogen-bond acceptors (Lipinski definition) is 3. The van der Waals surface area contributed by atoms with Gasteiger partial charge in [-0.15, -0.1) is 0 Å². The van der Waals surface area contributed by atoms with Gasteiger partial charge >= 0.3 is 0 Å². The highest BCUT2D eigenvalue weighted by molar-refractivity contribution is 5.28. The van der Waals surface area contributed by atoms with Gasteiger partial charge in [-0.25, -0.2) is 0 Å². The third kappa shape index (κ3) is 4.22. The van der Waals surface area contributed by atoms with Crippen LogP contribution >= 0.6 is 0 Å². The second kappa shape index (κ2) is 7.51. The topological polar surface area (TPSA) is 44.5 Å². The summed E-state index contributed by atoms with van der Waals surface area (Å²) >= 11 is 0. The van der Waals surface area contributed by atoms with E-state index in [-0.39, 0.29) is 6.10 Å². The van der Waals surface area contributed by atoms with Gasteiger partial charge in [0.2, 0.25) is 0 Å². The van der Waals surface area contributed by atoms with Gasteiger partial charge in [-0.05, 0) is 36.5 Å². The fraction of sp³-hybridized carbons (Fsp3) is 0.625. The molecule has 0 amide bonds. The number of ether oxygens (including phenoxy) is 2. The molecule has 0 bridgehead atoms. The first-order valence-corrected chi connectivity index (χ1v) is 7.29. The van der Waals surface area contributed by atoms with Crippen LogP contribution < -0.4 is 10.5 Å². The molecule has 0 heterocycles. The van der Waals surface area contributed by atoms with Crippen LogP contribution in [0.2, 0.25) is 0 Å². The summed E-state index contributed by atoms with van der Waals surface area (Å²) in [7, 11) is 1.68. The van der Waals surface area contributed by atoms with Crippen molar-refractivity contribution in [2.75, 3.05) is 20.3 Å². The summed E-state index contributed by atoms with van der Waals surface area (Å²) in [6.07, 6.45) is 6.70. The van der Waals surface area contributed by atoms with Crippen LogP contribution in [0.15, 0.2) is 24.3 Å². The van der Waals surface area contributed by atoms with Crippen LogP contribution in [0.3, 0.4) is 0 Å². The summed E-state index contributed by atoms with van der Waals surface area (Å²) in [5, 5.41) is 0. The Bertz CT molecular complexity index is 358. The second-order valence-electron chi connectivity index (χ2n) is 5.33. The minimum absolute atomic E-state index is 0.00725. The molecular formula is C16H25NO2. The van der Waals surface area contributed by atoms with Gasteiger partial charge in [0.05, 0.1) is 19.8 Å². The lowest BCUT2D eigenvalue weighted by Crippen LogP contribution is -2.21. The summed E-state index contributed by atoms with van der Waals surface area (Å²) in [4.78, 5) is 0. The van der Waals surface area contributed by atoms with Gasteiger partial charge < -0.3 is 15.2 Å². The lowest BCUT2D eigenvalue weighted by atomic mass is 9.90. The van der Waals surface area contributed by atoms with Crippen molar-refractivity contribution in [1.29, 1.82) is 0 Å². The normalized spacial score (nSPS) is 18.2. The van der Waals surface area contributed by atoms with Crippen molar-refractivity contribution in [3.63, 3.8) is 0 Å². The van der Waals surface area contributed by atoms with Gasteiger partial charge in [0.25, 0.3) is 0 Å². The molecule has 19 heavy (non-hydrogen) atoms. The molecule has 0 radical (unpaired) electrons. The third-order valence-corrected chi connectivity index (χ3v) is 3.96. The monoisotopic (exact) mass is 263 g/mol. The Morgan fingerprint density at radius 3 is 2.42 bits per heavy atom. The van der Waals surface area contributed by atoms with Crippen LogP contribution in [-0.2, 0) is 4.74 Å². The number of methoxy groups -OCH3 is 1. The van der Waals surface area contributed by atoms with Gasteiger partial charge in [0.15, 0.2) is 0 Å². The molecule has 2 rings (SSSR count). The minimum atomic E-state index is 0.00725. The maximum absolute atomic E-state index is 6.02. The zero-order valence-corrected chi connectivity index (χ0v) is 11.8. The molecule has 1 unspecified atom stereocenters. The van der Waals surface area contributed by atoms with Gasteiger partial charge in [-0.3, -0.25) is 0 Å². The summed E-state index contributed by atoms with van der Waals surface area (Å²) in [5.74, 6) is 1.59. The molecule has 0 spiro atoms. The first-order valence-electron chi connectivity index (χ1n) is 7.29. The van der Waals surface area contributed by atoms with E-state index in [2.05, 4.69) is 0 Å². The fourth-order valence-electron chi connectivity index (χ4n) is 2.72. The average Bonchev–Trinajstić information content (AvgIpc) is 2.49. The van der Waals surface area contributed by atoms with E-state index in [9.17, 15) is 0 Å². The van der Waals surface area contributed by atoms with Crippen LogP contribution in [0, 0.1) is 5.92 Å². The molecule has 106 valence electrons. The van der Waals surface area contributed by atoms with Crippen molar-refractivity contribution in [2.24, 2.45) is 11.7 Å². The third-order valence-electron chi connectivity index (χ3n) is 3.96. The molecule has 1 aliphatic rings. The lowest BCUT2D eigenvalue weighted by molar-refractivity contribution is 0.0246. The van der Waals surface area contributed by atoms with E-state index in [0.29, 0.717) is 6.54 Å². The minimum Gasteiger partial charge on any atom is -0.497 e. The summed E-state index contributed by atoms with van der Waals surface area (Å²) in [5.41, 5.74) is 6.97. The molecular weight excluding hydrogens is 238 g/mol. The highest BCUT2D eigenvalue weighted by atomic mass is 16.5. The Kier molecular flexibility index (Phi) is 5.67. The highest BCUT2D eigenvalue weighted by Gasteiger charge is 2.17. The van der Waals surface area contributed by atoms with Crippen LogP contribution in [0.4, 0.5) is 0 Å². The molecule has 1 fully saturated rings. The molecule has 1 aromatic carbocycles. The van der Waals surface area contributed by atoms with Crippen molar-refractivity contribution in [3.05, 3.63) is 29.8 Å². The molecule has 2 N–H and O–H groups in total. The van der Waals surface area contributed by atoms with Crippen molar-refractivity contribution in [3.8, 4) is 5.75 Å². The maximum atomic E-state index is 6.02. The van der Waals surface area contributed by atoms with E-state index < -0.39 is 0 Å². The van der Waals surface area contributed by atoms with E-state index in [1.165, 1.54) is 32.1 Å². The summed E-state index contributed by atoms with van der Waals surface area (Å²) in [6.45, 7) is 1.37. The largest absolute Gasteiger partial charge is 0.497 e. The van der Waals surface area contributed by atoms with E-state index in [0.717, 1.165) is 23.8 Å². The first-order chi connectivity index (χ1) is 9.33. The molecule has 0 aliphatic heterocycles. The fourth-order valence-corrected chi connectivity index (χ4v) is 2.72. The molecule has 1 aromatic rings. The lowest BCUT2D eigenvalue weighted by Gasteiger charge is -2.24. The Labute approximate surface area is 116 Å². The number of rotatable bonds is 6. The summed E-state index contributed by atoms with van der Waals surface area (Å²) in [6, 6.07) is 8.00. The van der Waals surface area contributed by atoms with E-state index in [1.807, 2.05) is 24.3 Å². The Morgan fingerprint density at radius 2 is 1.84 bits per heavy atom. The molecule has 0 aromatic heterocycles. The number of hydrogen-bond donors (Lipinski definition) is 1. The number of nitrogens with two attached hydrogens (primary N) is 1. The van der Waals surface area contributed by atoms with Gasteiger partial charge in [0, 0.05) is 6.54 Å². The van der Waals surface area contributed by atoms with Crippen LogP contribution in [-0.4, -0.2) is 20.3 Å². The molecule has 1 atom stereocenters. The Hall–Kier alpha value is -1.06. The predicted molar refractivity (Wildman–Crippen MR) is 77.3 cm³/mol. The van der Waals surface area contributed by atoms with Crippen molar-refractivity contribution >= 4 is 0 Å². The quantitative estimate of drug-likeness (QED) is 0.856. The first kappa shape index (κ1) is 14.4.